The second kappa shape index (κ2) is 4.68. The molecule has 0 aromatic carbocycles. The smallest absolute Gasteiger partial charge is 0.330 e. The van der Waals surface area contributed by atoms with E-state index in [1.54, 1.807) is 11.6 Å². The van der Waals surface area contributed by atoms with Gasteiger partial charge in [0, 0.05) is 13.6 Å². The molecule has 2 heterocycles. The summed E-state index contributed by atoms with van der Waals surface area (Å²) in [6, 6.07) is 0. The molecule has 0 bridgehead atoms. The second-order valence-corrected chi connectivity index (χ2v) is 5.18. The molecule has 1 atom stereocenters. The van der Waals surface area contributed by atoms with Crippen LogP contribution in [0.3, 0.4) is 0 Å². The van der Waals surface area contributed by atoms with Crippen molar-refractivity contribution in [2.24, 2.45) is 13.0 Å². The highest BCUT2D eigenvalue weighted by molar-refractivity contribution is 7.71. The number of aryl methyl sites for hydroxylation is 1. The van der Waals surface area contributed by atoms with Crippen LogP contribution in [-0.4, -0.2) is 19.1 Å². The molecule has 2 rings (SSSR count). The van der Waals surface area contributed by atoms with E-state index in [1.165, 1.54) is 4.57 Å². The normalized spacial score (nSPS) is 13.1. The van der Waals surface area contributed by atoms with Crippen LogP contribution >= 0.6 is 12.2 Å². The van der Waals surface area contributed by atoms with Crippen molar-refractivity contribution in [3.8, 4) is 0 Å². The van der Waals surface area contributed by atoms with Gasteiger partial charge in [-0.05, 0) is 12.8 Å². The Labute approximate surface area is 110 Å². The second-order valence-electron chi connectivity index (χ2n) is 4.79. The van der Waals surface area contributed by atoms with Gasteiger partial charge in [-0.2, -0.15) is 0 Å². The Morgan fingerprint density at radius 2 is 2.17 bits per heavy atom. The molecule has 98 valence electrons. The van der Waals surface area contributed by atoms with Crippen molar-refractivity contribution in [1.29, 1.82) is 0 Å². The molecule has 5 nitrogen and oxygen atoms in total. The average molecular weight is 266 g/mol. The van der Waals surface area contributed by atoms with Crippen LogP contribution in [0, 0.1) is 17.5 Å². The predicted molar refractivity (Wildman–Crippen MR) is 74.4 cm³/mol. The number of nitrogens with one attached hydrogen (secondary N) is 1. The number of hydrogen-bond donors (Lipinski definition) is 1. The molecule has 0 aliphatic carbocycles. The Morgan fingerprint density at radius 3 is 2.78 bits per heavy atom. The quantitative estimate of drug-likeness (QED) is 0.866. The van der Waals surface area contributed by atoms with Crippen LogP contribution in [0.15, 0.2) is 4.79 Å². The van der Waals surface area contributed by atoms with Gasteiger partial charge in [-0.3, -0.25) is 9.13 Å². The third-order valence-electron chi connectivity index (χ3n) is 3.29. The number of aromatic nitrogens is 4. The monoisotopic (exact) mass is 266 g/mol. The molecular formula is C12H18N4OS. The molecule has 0 radical (unpaired) electrons. The fourth-order valence-electron chi connectivity index (χ4n) is 1.96. The molecule has 0 fully saturated rings. The number of H-pyrrole nitrogens is 1. The minimum atomic E-state index is -0.0979. The van der Waals surface area contributed by atoms with Crippen molar-refractivity contribution in [1.82, 2.24) is 19.1 Å². The van der Waals surface area contributed by atoms with E-state index in [4.69, 9.17) is 12.2 Å². The van der Waals surface area contributed by atoms with E-state index in [0.29, 0.717) is 22.8 Å². The van der Waals surface area contributed by atoms with Crippen molar-refractivity contribution >= 4 is 23.4 Å². The largest absolute Gasteiger partial charge is 0.338 e. The van der Waals surface area contributed by atoms with Gasteiger partial charge in [0.1, 0.15) is 16.0 Å². The van der Waals surface area contributed by atoms with Gasteiger partial charge in [0.05, 0.1) is 0 Å². The summed E-state index contributed by atoms with van der Waals surface area (Å²) in [5, 5.41) is 0. The summed E-state index contributed by atoms with van der Waals surface area (Å²) in [6.45, 7) is 6.77. The fraction of sp³-hybridized carbons (Fsp3) is 0.583. The van der Waals surface area contributed by atoms with Crippen molar-refractivity contribution < 1.29 is 0 Å². The lowest BCUT2D eigenvalue weighted by atomic mass is 10.1. The van der Waals surface area contributed by atoms with E-state index in [9.17, 15) is 4.79 Å². The van der Waals surface area contributed by atoms with Crippen LogP contribution in [0.2, 0.25) is 0 Å². The third-order valence-corrected chi connectivity index (χ3v) is 3.76. The standard InChI is InChI=1S/C12H18N4OS/c1-5-7(2)6-16-10-9(13-8(3)14-10)11(18)15(4)12(16)17/h7H,5-6H2,1-4H3,(H,13,14). The van der Waals surface area contributed by atoms with Crippen molar-refractivity contribution in [2.45, 2.75) is 33.7 Å². The summed E-state index contributed by atoms with van der Waals surface area (Å²) >= 11 is 5.28. The Kier molecular flexibility index (Phi) is 3.38. The Hall–Kier alpha value is -1.43. The van der Waals surface area contributed by atoms with Crippen molar-refractivity contribution in [3.63, 3.8) is 0 Å². The van der Waals surface area contributed by atoms with Gasteiger partial charge in [-0.15, -0.1) is 0 Å². The summed E-state index contributed by atoms with van der Waals surface area (Å²) in [7, 11) is 1.70. The van der Waals surface area contributed by atoms with E-state index in [-0.39, 0.29) is 5.69 Å². The van der Waals surface area contributed by atoms with Gasteiger partial charge < -0.3 is 4.98 Å². The predicted octanol–water partition coefficient (Wildman–Crippen LogP) is 2.15. The van der Waals surface area contributed by atoms with Crippen LogP contribution in [0.25, 0.3) is 11.2 Å². The molecule has 0 amide bonds. The SMILES string of the molecule is CCC(C)Cn1c(=O)n(C)c(=S)c2[nH]c(C)nc21. The average Bonchev–Trinajstić information content (AvgIpc) is 2.73. The molecule has 0 aliphatic heterocycles. The molecule has 0 aliphatic rings. The van der Waals surface area contributed by atoms with Crippen LogP contribution in [0.1, 0.15) is 26.1 Å². The summed E-state index contributed by atoms with van der Waals surface area (Å²) in [6.07, 6.45) is 1.02. The molecule has 1 N–H and O–H groups in total. The number of imidazole rings is 1. The van der Waals surface area contributed by atoms with E-state index < -0.39 is 0 Å². The van der Waals surface area contributed by atoms with Crippen LogP contribution < -0.4 is 5.69 Å². The first kappa shape index (κ1) is 13.0. The maximum Gasteiger partial charge on any atom is 0.330 e. The number of aromatic amines is 1. The zero-order valence-electron chi connectivity index (χ0n) is 11.1. The zero-order chi connectivity index (χ0) is 13.4. The molecule has 18 heavy (non-hydrogen) atoms. The highest BCUT2D eigenvalue weighted by Gasteiger charge is 2.13. The topological polar surface area (TPSA) is 55.6 Å². The number of hydrogen-bond acceptors (Lipinski definition) is 3. The molecule has 0 saturated carbocycles. The van der Waals surface area contributed by atoms with Crippen LogP contribution in [0.5, 0.6) is 0 Å². The van der Waals surface area contributed by atoms with Gasteiger partial charge in [-0.25, -0.2) is 9.78 Å². The summed E-state index contributed by atoms with van der Waals surface area (Å²) in [5.41, 5.74) is 1.34. The lowest BCUT2D eigenvalue weighted by Crippen LogP contribution is -2.31. The molecule has 2 aromatic heterocycles. The number of rotatable bonds is 3. The van der Waals surface area contributed by atoms with Gasteiger partial charge in [0.2, 0.25) is 0 Å². The summed E-state index contributed by atoms with van der Waals surface area (Å²) in [4.78, 5) is 19.8. The van der Waals surface area contributed by atoms with E-state index in [1.807, 2.05) is 6.92 Å². The van der Waals surface area contributed by atoms with Gasteiger partial charge in [0.15, 0.2) is 5.65 Å². The van der Waals surface area contributed by atoms with Gasteiger partial charge in [0.25, 0.3) is 0 Å². The first-order valence-corrected chi connectivity index (χ1v) is 6.52. The minimum Gasteiger partial charge on any atom is -0.338 e. The molecular weight excluding hydrogens is 248 g/mol. The zero-order valence-corrected chi connectivity index (χ0v) is 12.0. The van der Waals surface area contributed by atoms with E-state index in [0.717, 1.165) is 17.8 Å². The maximum atomic E-state index is 12.3. The first-order valence-electron chi connectivity index (χ1n) is 6.11. The molecule has 6 heteroatoms. The third kappa shape index (κ3) is 2.01. The highest BCUT2D eigenvalue weighted by atomic mass is 32.1. The van der Waals surface area contributed by atoms with Gasteiger partial charge >= 0.3 is 5.69 Å². The van der Waals surface area contributed by atoms with Gasteiger partial charge in [-0.1, -0.05) is 32.5 Å². The highest BCUT2D eigenvalue weighted by Crippen LogP contribution is 2.13. The lowest BCUT2D eigenvalue weighted by Gasteiger charge is -2.13. The Balaban J connectivity index is 2.78. The first-order chi connectivity index (χ1) is 8.45. The number of nitrogens with zero attached hydrogens (tertiary/aromatic N) is 3. The van der Waals surface area contributed by atoms with Crippen LogP contribution in [0.4, 0.5) is 0 Å². The molecule has 0 spiro atoms. The Morgan fingerprint density at radius 1 is 1.50 bits per heavy atom. The Bertz CT molecular complexity index is 694. The van der Waals surface area contributed by atoms with Crippen molar-refractivity contribution in [2.75, 3.05) is 0 Å². The molecule has 0 saturated heterocycles. The maximum absolute atomic E-state index is 12.3. The van der Waals surface area contributed by atoms with E-state index in [2.05, 4.69) is 23.8 Å². The summed E-state index contributed by atoms with van der Waals surface area (Å²) in [5.74, 6) is 1.21. The van der Waals surface area contributed by atoms with Crippen LogP contribution in [-0.2, 0) is 13.6 Å². The van der Waals surface area contributed by atoms with Crippen molar-refractivity contribution in [3.05, 3.63) is 20.9 Å². The number of fused-ring (bicyclic) bond motifs is 1. The minimum absolute atomic E-state index is 0.0979. The molecule has 1 unspecified atom stereocenters. The summed E-state index contributed by atoms with van der Waals surface area (Å²) < 4.78 is 3.72. The van der Waals surface area contributed by atoms with E-state index >= 15 is 0 Å². The fourth-order valence-corrected chi connectivity index (χ4v) is 2.18. The molecule has 2 aromatic rings. The lowest BCUT2D eigenvalue weighted by molar-refractivity contribution is 0.455.